The quantitative estimate of drug-likeness (QED) is 0.542. The van der Waals surface area contributed by atoms with E-state index in [0.717, 1.165) is 22.2 Å². The molecule has 1 heterocycles. The Balaban J connectivity index is 1.68. The van der Waals surface area contributed by atoms with Gasteiger partial charge in [-0.05, 0) is 48.4 Å². The van der Waals surface area contributed by atoms with Gasteiger partial charge >= 0.3 is 0 Å². The number of aromatic amines is 1. The predicted octanol–water partition coefficient (Wildman–Crippen LogP) is 2.56. The number of phenolic OH excluding ortho intramolecular Hbond substituents is 2. The fraction of sp³-hybridized carbons (Fsp3) is 0.167. The molecule has 0 radical (unpaired) electrons. The van der Waals surface area contributed by atoms with Gasteiger partial charge in [-0.3, -0.25) is 4.79 Å². The van der Waals surface area contributed by atoms with Gasteiger partial charge in [0.15, 0.2) is 0 Å². The first-order valence-corrected chi connectivity index (χ1v) is 7.52. The number of ether oxygens (including phenoxy) is 1. The first-order chi connectivity index (χ1) is 11.6. The largest absolute Gasteiger partial charge is 0.508 e. The minimum Gasteiger partial charge on any atom is -0.508 e. The number of carbonyl (C=O) groups excluding carboxylic acids is 1. The molecule has 0 aliphatic heterocycles. The van der Waals surface area contributed by atoms with Crippen molar-refractivity contribution in [1.82, 2.24) is 10.3 Å². The maximum Gasteiger partial charge on any atom is 0.255 e. The van der Waals surface area contributed by atoms with Gasteiger partial charge in [0.25, 0.3) is 5.91 Å². The molecule has 0 fully saturated rings. The summed E-state index contributed by atoms with van der Waals surface area (Å²) in [5.74, 6) is 0.113. The summed E-state index contributed by atoms with van der Waals surface area (Å²) >= 11 is 0. The van der Waals surface area contributed by atoms with Crippen LogP contribution in [0.5, 0.6) is 17.2 Å². The van der Waals surface area contributed by atoms with E-state index < -0.39 is 5.91 Å². The molecule has 6 nitrogen and oxygen atoms in total. The van der Waals surface area contributed by atoms with Crippen LogP contribution in [0.4, 0.5) is 0 Å². The molecule has 1 aromatic heterocycles. The standard InChI is InChI=1S/C18H18N2O4/c1-24-13-3-4-16-14(9-13)11(10-20-16)6-7-19-18(23)15-8-12(21)2-5-17(15)22/h2-5,8-10,20-22H,6-7H2,1H3,(H,19,23). The summed E-state index contributed by atoms with van der Waals surface area (Å²) in [5, 5.41) is 22.9. The number of amides is 1. The predicted molar refractivity (Wildman–Crippen MR) is 90.7 cm³/mol. The number of hydrogen-bond donors (Lipinski definition) is 4. The molecule has 3 rings (SSSR count). The molecule has 6 heteroatoms. The van der Waals surface area contributed by atoms with Crippen LogP contribution in [-0.4, -0.2) is 34.8 Å². The van der Waals surface area contributed by atoms with Crippen molar-refractivity contribution in [2.24, 2.45) is 0 Å². The van der Waals surface area contributed by atoms with Crippen LogP contribution in [-0.2, 0) is 6.42 Å². The Morgan fingerprint density at radius 3 is 2.83 bits per heavy atom. The third-order valence-corrected chi connectivity index (χ3v) is 3.88. The number of methoxy groups -OCH3 is 1. The van der Waals surface area contributed by atoms with Crippen LogP contribution in [0.1, 0.15) is 15.9 Å². The molecule has 0 saturated carbocycles. The summed E-state index contributed by atoms with van der Waals surface area (Å²) in [5.41, 5.74) is 2.11. The lowest BCUT2D eigenvalue weighted by Crippen LogP contribution is -2.25. The maximum absolute atomic E-state index is 12.1. The Bertz CT molecular complexity index is 886. The Labute approximate surface area is 138 Å². The van der Waals surface area contributed by atoms with Crippen molar-refractivity contribution in [3.63, 3.8) is 0 Å². The molecule has 0 bridgehead atoms. The van der Waals surface area contributed by atoms with Crippen LogP contribution in [0.15, 0.2) is 42.6 Å². The van der Waals surface area contributed by atoms with Crippen LogP contribution in [0.2, 0.25) is 0 Å². The normalized spacial score (nSPS) is 10.7. The summed E-state index contributed by atoms with van der Waals surface area (Å²) < 4.78 is 5.24. The number of nitrogens with one attached hydrogen (secondary N) is 2. The van der Waals surface area contributed by atoms with Crippen molar-refractivity contribution < 1.29 is 19.7 Å². The van der Waals surface area contributed by atoms with Crippen LogP contribution in [0.3, 0.4) is 0 Å². The van der Waals surface area contributed by atoms with Gasteiger partial charge < -0.3 is 25.3 Å². The molecule has 4 N–H and O–H groups in total. The number of benzene rings is 2. The highest BCUT2D eigenvalue weighted by atomic mass is 16.5. The molecule has 2 aromatic carbocycles. The monoisotopic (exact) mass is 326 g/mol. The van der Waals surface area contributed by atoms with Gasteiger partial charge in [-0.1, -0.05) is 0 Å². The average Bonchev–Trinajstić information content (AvgIpc) is 2.99. The summed E-state index contributed by atoms with van der Waals surface area (Å²) in [6.07, 6.45) is 2.53. The van der Waals surface area contributed by atoms with Crippen molar-refractivity contribution >= 4 is 16.8 Å². The number of phenols is 2. The van der Waals surface area contributed by atoms with Crippen LogP contribution in [0, 0.1) is 0 Å². The third kappa shape index (κ3) is 3.12. The highest BCUT2D eigenvalue weighted by Gasteiger charge is 2.12. The second-order valence-corrected chi connectivity index (χ2v) is 5.43. The molecule has 1 amide bonds. The number of rotatable bonds is 5. The molecule has 0 atom stereocenters. The van der Waals surface area contributed by atoms with Crippen LogP contribution >= 0.6 is 0 Å². The van der Waals surface area contributed by atoms with E-state index in [0.29, 0.717) is 13.0 Å². The van der Waals surface area contributed by atoms with E-state index in [-0.39, 0.29) is 17.1 Å². The fourth-order valence-electron chi connectivity index (χ4n) is 2.60. The number of fused-ring (bicyclic) bond motifs is 1. The lowest BCUT2D eigenvalue weighted by Gasteiger charge is -2.07. The Hall–Kier alpha value is -3.15. The zero-order valence-corrected chi connectivity index (χ0v) is 13.2. The topological polar surface area (TPSA) is 94.6 Å². The van der Waals surface area contributed by atoms with Crippen molar-refractivity contribution in [2.45, 2.75) is 6.42 Å². The first kappa shape index (κ1) is 15.7. The van der Waals surface area contributed by atoms with Crippen molar-refractivity contribution in [1.29, 1.82) is 0 Å². The molecule has 0 unspecified atom stereocenters. The minimum absolute atomic E-state index is 0.0515. The summed E-state index contributed by atoms with van der Waals surface area (Å²) in [7, 11) is 1.62. The molecule has 3 aromatic rings. The number of aromatic hydroxyl groups is 2. The van der Waals surface area contributed by atoms with E-state index in [4.69, 9.17) is 4.74 Å². The molecule has 124 valence electrons. The second kappa shape index (κ2) is 6.54. The van der Waals surface area contributed by atoms with Gasteiger partial charge in [-0.2, -0.15) is 0 Å². The van der Waals surface area contributed by atoms with Gasteiger partial charge in [-0.25, -0.2) is 0 Å². The van der Waals surface area contributed by atoms with E-state index >= 15 is 0 Å². The smallest absolute Gasteiger partial charge is 0.255 e. The summed E-state index contributed by atoms with van der Waals surface area (Å²) in [6.45, 7) is 0.401. The Morgan fingerprint density at radius 2 is 2.04 bits per heavy atom. The zero-order chi connectivity index (χ0) is 17.1. The number of H-pyrrole nitrogens is 1. The zero-order valence-electron chi connectivity index (χ0n) is 13.2. The van der Waals surface area contributed by atoms with Gasteiger partial charge in [0.2, 0.25) is 0 Å². The van der Waals surface area contributed by atoms with Gasteiger partial charge in [0, 0.05) is 23.6 Å². The fourth-order valence-corrected chi connectivity index (χ4v) is 2.60. The lowest BCUT2D eigenvalue weighted by atomic mass is 10.1. The third-order valence-electron chi connectivity index (χ3n) is 3.88. The number of carbonyl (C=O) groups is 1. The molecule has 0 aliphatic rings. The molecule has 0 spiro atoms. The van der Waals surface area contributed by atoms with E-state index in [2.05, 4.69) is 10.3 Å². The van der Waals surface area contributed by atoms with Gasteiger partial charge in [-0.15, -0.1) is 0 Å². The van der Waals surface area contributed by atoms with Crippen LogP contribution < -0.4 is 10.1 Å². The van der Waals surface area contributed by atoms with Gasteiger partial charge in [0.1, 0.15) is 17.2 Å². The summed E-state index contributed by atoms with van der Waals surface area (Å²) in [6, 6.07) is 9.63. The SMILES string of the molecule is COc1ccc2[nH]cc(CCNC(=O)c3cc(O)ccc3O)c2c1. The van der Waals surface area contributed by atoms with Crippen molar-refractivity contribution in [3.8, 4) is 17.2 Å². The Kier molecular flexibility index (Phi) is 4.29. The second-order valence-electron chi connectivity index (χ2n) is 5.43. The van der Waals surface area contributed by atoms with Crippen LogP contribution in [0.25, 0.3) is 10.9 Å². The highest BCUT2D eigenvalue weighted by Crippen LogP contribution is 2.24. The highest BCUT2D eigenvalue weighted by molar-refractivity contribution is 5.97. The van der Waals surface area contributed by atoms with E-state index in [9.17, 15) is 15.0 Å². The van der Waals surface area contributed by atoms with Crippen molar-refractivity contribution in [3.05, 3.63) is 53.7 Å². The maximum atomic E-state index is 12.1. The molecule has 0 saturated heterocycles. The lowest BCUT2D eigenvalue weighted by molar-refractivity contribution is 0.0951. The van der Waals surface area contributed by atoms with Gasteiger partial charge in [0.05, 0.1) is 12.7 Å². The molecular formula is C18H18N2O4. The number of hydrogen-bond acceptors (Lipinski definition) is 4. The molecular weight excluding hydrogens is 308 g/mol. The minimum atomic E-state index is -0.430. The molecule has 24 heavy (non-hydrogen) atoms. The van der Waals surface area contributed by atoms with Crippen molar-refractivity contribution in [2.75, 3.05) is 13.7 Å². The van der Waals surface area contributed by atoms with E-state index in [1.807, 2.05) is 24.4 Å². The summed E-state index contributed by atoms with van der Waals surface area (Å²) in [4.78, 5) is 15.3. The Morgan fingerprint density at radius 1 is 1.21 bits per heavy atom. The number of aromatic nitrogens is 1. The van der Waals surface area contributed by atoms with E-state index in [1.54, 1.807) is 7.11 Å². The van der Waals surface area contributed by atoms with E-state index in [1.165, 1.54) is 18.2 Å². The first-order valence-electron chi connectivity index (χ1n) is 7.52. The average molecular weight is 326 g/mol. The molecule has 0 aliphatic carbocycles.